The molecule has 0 aliphatic rings. The number of hydrogen-bond acceptors (Lipinski definition) is 5. The molecule has 0 unspecified atom stereocenters. The molecule has 0 saturated heterocycles. The first-order valence-corrected chi connectivity index (χ1v) is 7.20. The lowest BCUT2D eigenvalue weighted by atomic mass is 10.2. The van der Waals surface area contributed by atoms with Gasteiger partial charge in [0.1, 0.15) is 5.60 Å². The summed E-state index contributed by atoms with van der Waals surface area (Å²) in [5, 5.41) is 11.4. The van der Waals surface area contributed by atoms with Crippen molar-refractivity contribution in [1.82, 2.24) is 5.32 Å². The Labute approximate surface area is 107 Å². The molecule has 0 bridgehead atoms. The Morgan fingerprint density at radius 1 is 1.39 bits per heavy atom. The van der Waals surface area contributed by atoms with Gasteiger partial charge in [0, 0.05) is 0 Å². The summed E-state index contributed by atoms with van der Waals surface area (Å²) in [7, 11) is -4.01. The van der Waals surface area contributed by atoms with E-state index in [1.54, 1.807) is 20.8 Å². The van der Waals surface area contributed by atoms with Crippen LogP contribution < -0.4 is 5.32 Å². The molecule has 0 aromatic rings. The molecule has 0 aliphatic heterocycles. The third kappa shape index (κ3) is 10.3. The average Bonchev–Trinajstić information content (AvgIpc) is 2.11. The zero-order valence-corrected chi connectivity index (χ0v) is 11.7. The van der Waals surface area contributed by atoms with Gasteiger partial charge in [-0.1, -0.05) is 0 Å². The fourth-order valence-electron chi connectivity index (χ4n) is 1.20. The van der Waals surface area contributed by atoms with Gasteiger partial charge in [-0.05, 0) is 33.6 Å². The zero-order valence-electron chi connectivity index (χ0n) is 10.8. The minimum atomic E-state index is -4.01. The molecule has 1 atom stereocenters. The summed E-state index contributed by atoms with van der Waals surface area (Å²) in [5.41, 5.74) is -0.640. The van der Waals surface area contributed by atoms with Crippen molar-refractivity contribution < 1.29 is 27.6 Å². The lowest BCUT2D eigenvalue weighted by molar-refractivity contribution is 0.0479. The first-order valence-electron chi connectivity index (χ1n) is 5.59. The van der Waals surface area contributed by atoms with Crippen LogP contribution in [-0.4, -0.2) is 48.2 Å². The Kier molecular flexibility index (Phi) is 6.58. The van der Waals surface area contributed by atoms with Gasteiger partial charge in [-0.25, -0.2) is 4.79 Å². The van der Waals surface area contributed by atoms with Crippen LogP contribution in [0.2, 0.25) is 0 Å². The van der Waals surface area contributed by atoms with E-state index in [1.807, 2.05) is 0 Å². The summed E-state index contributed by atoms with van der Waals surface area (Å²) in [5.74, 6) is -0.403. The molecular formula is C10H21NO6S. The molecule has 0 aromatic carbocycles. The lowest BCUT2D eigenvalue weighted by Gasteiger charge is -2.22. The molecule has 0 rings (SSSR count). The van der Waals surface area contributed by atoms with Crippen LogP contribution in [0.4, 0.5) is 4.79 Å². The number of aliphatic hydroxyl groups is 1. The second-order valence-electron chi connectivity index (χ2n) is 4.95. The topological polar surface area (TPSA) is 113 Å². The van der Waals surface area contributed by atoms with E-state index in [2.05, 4.69) is 5.32 Å². The van der Waals surface area contributed by atoms with Gasteiger partial charge in [-0.15, -0.1) is 0 Å². The smallest absolute Gasteiger partial charge is 0.407 e. The van der Waals surface area contributed by atoms with Crippen molar-refractivity contribution >= 4 is 16.2 Å². The summed E-state index contributed by atoms with van der Waals surface area (Å²) >= 11 is 0. The number of ether oxygens (including phenoxy) is 1. The van der Waals surface area contributed by atoms with Crippen LogP contribution in [-0.2, 0) is 14.9 Å². The van der Waals surface area contributed by atoms with Crippen LogP contribution in [0.5, 0.6) is 0 Å². The molecule has 0 fully saturated rings. The third-order valence-electron chi connectivity index (χ3n) is 1.90. The number of aliphatic hydroxyl groups excluding tert-OH is 1. The minimum absolute atomic E-state index is 0.139. The molecule has 0 spiro atoms. The molecule has 0 radical (unpaired) electrons. The van der Waals surface area contributed by atoms with Gasteiger partial charge in [0.25, 0.3) is 10.1 Å². The average molecular weight is 283 g/mol. The molecular weight excluding hydrogens is 262 g/mol. The van der Waals surface area contributed by atoms with Crippen LogP contribution in [0.1, 0.15) is 33.6 Å². The van der Waals surface area contributed by atoms with Crippen LogP contribution in [0.15, 0.2) is 0 Å². The quantitative estimate of drug-likeness (QED) is 0.613. The van der Waals surface area contributed by atoms with Crippen molar-refractivity contribution in [2.75, 3.05) is 12.4 Å². The Balaban J connectivity index is 4.08. The molecule has 3 N–H and O–H groups in total. The molecule has 108 valence electrons. The van der Waals surface area contributed by atoms with E-state index < -0.39 is 33.6 Å². The van der Waals surface area contributed by atoms with E-state index in [9.17, 15) is 13.2 Å². The summed E-state index contributed by atoms with van der Waals surface area (Å²) < 4.78 is 34.5. The molecule has 0 aromatic heterocycles. The number of amides is 1. The van der Waals surface area contributed by atoms with Gasteiger partial charge < -0.3 is 15.2 Å². The molecule has 1 amide bonds. The van der Waals surface area contributed by atoms with Crippen LogP contribution in [0.25, 0.3) is 0 Å². The van der Waals surface area contributed by atoms with Crippen molar-refractivity contribution in [3.05, 3.63) is 0 Å². The van der Waals surface area contributed by atoms with Crippen molar-refractivity contribution in [1.29, 1.82) is 0 Å². The van der Waals surface area contributed by atoms with Gasteiger partial charge in [-0.3, -0.25) is 4.55 Å². The lowest BCUT2D eigenvalue weighted by Crippen LogP contribution is -2.41. The number of hydrogen-bond donors (Lipinski definition) is 3. The molecule has 0 saturated carbocycles. The predicted molar refractivity (Wildman–Crippen MR) is 65.9 cm³/mol. The van der Waals surface area contributed by atoms with Gasteiger partial charge in [-0.2, -0.15) is 8.42 Å². The predicted octanol–water partition coefficient (Wildman–Crippen LogP) is 0.540. The summed E-state index contributed by atoms with van der Waals surface area (Å²) in [6.45, 7) is 4.79. The SMILES string of the molecule is CC(C)(C)OC(=O)N[C@@H](CO)CCCS(=O)(=O)O. The summed E-state index contributed by atoms with van der Waals surface area (Å²) in [6, 6.07) is -0.596. The fourth-order valence-corrected chi connectivity index (χ4v) is 1.73. The maximum atomic E-state index is 11.4. The van der Waals surface area contributed by atoms with E-state index in [-0.39, 0.29) is 19.4 Å². The molecule has 7 nitrogen and oxygen atoms in total. The largest absolute Gasteiger partial charge is 0.444 e. The maximum Gasteiger partial charge on any atom is 0.407 e. The first-order chi connectivity index (χ1) is 8.03. The highest BCUT2D eigenvalue weighted by molar-refractivity contribution is 7.85. The Morgan fingerprint density at radius 2 is 1.94 bits per heavy atom. The number of alkyl carbamates (subject to hydrolysis) is 1. The highest BCUT2D eigenvalue weighted by atomic mass is 32.2. The second-order valence-corrected chi connectivity index (χ2v) is 6.53. The molecule has 18 heavy (non-hydrogen) atoms. The monoisotopic (exact) mass is 283 g/mol. The minimum Gasteiger partial charge on any atom is -0.444 e. The summed E-state index contributed by atoms with van der Waals surface area (Å²) in [6.07, 6.45) is -0.302. The normalized spacial score (nSPS) is 14.1. The standard InChI is InChI=1S/C10H21NO6S/c1-10(2,3)17-9(13)11-8(7-12)5-4-6-18(14,15)16/h8,12H,4-7H2,1-3H3,(H,11,13)(H,14,15,16)/t8-/m1/s1. The fraction of sp³-hybridized carbons (Fsp3) is 0.900. The van der Waals surface area contributed by atoms with Crippen LogP contribution >= 0.6 is 0 Å². The van der Waals surface area contributed by atoms with E-state index in [0.717, 1.165) is 0 Å². The van der Waals surface area contributed by atoms with Gasteiger partial charge in [0.2, 0.25) is 0 Å². The number of nitrogens with one attached hydrogen (secondary N) is 1. The van der Waals surface area contributed by atoms with Crippen molar-refractivity contribution in [2.24, 2.45) is 0 Å². The van der Waals surface area contributed by atoms with E-state index in [1.165, 1.54) is 0 Å². The van der Waals surface area contributed by atoms with Gasteiger partial charge in [0.05, 0.1) is 18.4 Å². The Hall–Kier alpha value is -0.860. The number of rotatable bonds is 6. The van der Waals surface area contributed by atoms with E-state index >= 15 is 0 Å². The third-order valence-corrected chi connectivity index (χ3v) is 2.70. The molecule has 8 heteroatoms. The second kappa shape index (κ2) is 6.91. The number of carbonyl (C=O) groups is 1. The maximum absolute atomic E-state index is 11.4. The van der Waals surface area contributed by atoms with Gasteiger partial charge >= 0.3 is 6.09 Å². The van der Waals surface area contributed by atoms with Crippen LogP contribution in [0, 0.1) is 0 Å². The number of carbonyl (C=O) groups excluding carboxylic acids is 1. The van der Waals surface area contributed by atoms with Crippen molar-refractivity contribution in [3.63, 3.8) is 0 Å². The summed E-state index contributed by atoms with van der Waals surface area (Å²) in [4.78, 5) is 11.4. The highest BCUT2D eigenvalue weighted by Crippen LogP contribution is 2.07. The molecule has 0 heterocycles. The van der Waals surface area contributed by atoms with Crippen molar-refractivity contribution in [3.8, 4) is 0 Å². The van der Waals surface area contributed by atoms with Crippen molar-refractivity contribution in [2.45, 2.75) is 45.3 Å². The molecule has 0 aliphatic carbocycles. The van der Waals surface area contributed by atoms with Gasteiger partial charge in [0.15, 0.2) is 0 Å². The Bertz CT molecular complexity index is 359. The first kappa shape index (κ1) is 17.1. The zero-order chi connectivity index (χ0) is 14.4. The highest BCUT2D eigenvalue weighted by Gasteiger charge is 2.19. The van der Waals surface area contributed by atoms with E-state index in [0.29, 0.717) is 0 Å². The van der Waals surface area contributed by atoms with E-state index in [4.69, 9.17) is 14.4 Å². The van der Waals surface area contributed by atoms with Crippen LogP contribution in [0.3, 0.4) is 0 Å². The Morgan fingerprint density at radius 3 is 2.33 bits per heavy atom.